The highest BCUT2D eigenvalue weighted by Gasteiger charge is 2.25. The smallest absolute Gasteiger partial charge is 0.160 e. The van der Waals surface area contributed by atoms with Gasteiger partial charge in [0.15, 0.2) is 5.82 Å². The predicted molar refractivity (Wildman–Crippen MR) is 249 cm³/mol. The molecule has 0 fully saturated rings. The van der Waals surface area contributed by atoms with Gasteiger partial charge in [0.25, 0.3) is 0 Å². The van der Waals surface area contributed by atoms with Gasteiger partial charge in [-0.1, -0.05) is 218 Å². The fraction of sp³-hybridized carbons (Fsp3) is 0. The second kappa shape index (κ2) is 16.5. The summed E-state index contributed by atoms with van der Waals surface area (Å²) in [6.45, 7) is 0. The van der Waals surface area contributed by atoms with Crippen LogP contribution in [-0.4, -0.2) is 15.0 Å². The van der Waals surface area contributed by atoms with Gasteiger partial charge >= 0.3 is 0 Å². The maximum Gasteiger partial charge on any atom is 0.160 e. The van der Waals surface area contributed by atoms with Crippen molar-refractivity contribution in [3.05, 3.63) is 237 Å². The van der Waals surface area contributed by atoms with Crippen molar-refractivity contribution in [1.29, 1.82) is 0 Å². The van der Waals surface area contributed by atoms with E-state index in [1.807, 2.05) is 36.4 Å². The van der Waals surface area contributed by atoms with Crippen LogP contribution in [-0.2, 0) is 0 Å². The molecule has 3 heteroatoms. The maximum absolute atomic E-state index is 5.62. The molecule has 3 nitrogen and oxygen atoms in total. The van der Waals surface area contributed by atoms with Crippen molar-refractivity contribution >= 4 is 0 Å². The van der Waals surface area contributed by atoms with Crippen LogP contribution in [0.2, 0.25) is 0 Å². The topological polar surface area (TPSA) is 38.7 Å². The number of benzene rings is 8. The molecule has 2 aromatic heterocycles. The lowest BCUT2D eigenvalue weighted by atomic mass is 9.82. The normalized spacial score (nSPS) is 11.0. The van der Waals surface area contributed by atoms with E-state index in [0.717, 1.165) is 95.1 Å². The number of nitrogens with zero attached hydrogens (tertiary/aromatic N) is 3. The van der Waals surface area contributed by atoms with Gasteiger partial charge in [-0.2, -0.15) is 0 Å². The number of hydrogen-bond acceptors (Lipinski definition) is 3. The lowest BCUT2D eigenvalue weighted by Gasteiger charge is -2.23. The molecule has 0 radical (unpaired) electrons. The van der Waals surface area contributed by atoms with E-state index in [0.29, 0.717) is 5.82 Å². The highest BCUT2D eigenvalue weighted by molar-refractivity contribution is 6.05. The molecule has 0 aliphatic carbocycles. The second-order valence-electron chi connectivity index (χ2n) is 14.8. The summed E-state index contributed by atoms with van der Waals surface area (Å²) in [5, 5.41) is 0. The van der Waals surface area contributed by atoms with Gasteiger partial charge in [0.2, 0.25) is 0 Å². The Morgan fingerprint density at radius 2 is 0.533 bits per heavy atom. The summed E-state index contributed by atoms with van der Waals surface area (Å²) in [5.74, 6) is 0.697. The molecule has 8 aromatic carbocycles. The molecule has 0 aliphatic heterocycles. The SMILES string of the molecule is c1ccc(-c2cc(-c3cccc(-c4cccc(-c5c(-c6ccccc6)c(-c6ccccc6)nc(-c6ccccc6)c5-c5ccccc5)c4)c3)nc(-c3ccccc3)n2)cc1. The van der Waals surface area contributed by atoms with Crippen LogP contribution < -0.4 is 0 Å². The average Bonchev–Trinajstić information content (AvgIpc) is 3.35. The molecule has 0 unspecified atom stereocenters. The number of rotatable bonds is 9. The van der Waals surface area contributed by atoms with Crippen molar-refractivity contribution in [3.8, 4) is 101 Å². The lowest BCUT2D eigenvalue weighted by Crippen LogP contribution is -2.01. The number of pyridine rings is 1. The third-order valence-electron chi connectivity index (χ3n) is 10.9. The number of aromatic nitrogens is 3. The molecule has 0 bridgehead atoms. The second-order valence-corrected chi connectivity index (χ2v) is 14.8. The Labute approximate surface area is 351 Å². The molecule has 0 saturated heterocycles. The highest BCUT2D eigenvalue weighted by Crippen LogP contribution is 2.49. The molecule has 10 rings (SSSR count). The fourth-order valence-electron chi connectivity index (χ4n) is 8.04. The Morgan fingerprint density at radius 3 is 1.00 bits per heavy atom. The molecule has 282 valence electrons. The van der Waals surface area contributed by atoms with Crippen LogP contribution in [0.4, 0.5) is 0 Å². The summed E-state index contributed by atoms with van der Waals surface area (Å²) in [5.41, 5.74) is 17.6. The first-order valence-corrected chi connectivity index (χ1v) is 20.3. The lowest BCUT2D eigenvalue weighted by molar-refractivity contribution is 1.18. The molecule has 0 amide bonds. The molecule has 10 aromatic rings. The van der Waals surface area contributed by atoms with Crippen molar-refractivity contribution < 1.29 is 0 Å². The zero-order valence-electron chi connectivity index (χ0n) is 32.9. The minimum absolute atomic E-state index is 0.697. The standard InChI is InChI=1S/C57H39N3/c1-7-21-40(22-8-1)50-39-51(59-57(58-50)45-31-17-6-18-32-45)48-35-19-33-46(37-48)47-34-20-36-49(38-47)52-53(41-23-9-2-10-24-41)55(43-27-13-4-14-28-43)60-56(44-29-15-5-16-30-44)54(52)42-25-11-3-12-26-42/h1-39H. The van der Waals surface area contributed by atoms with E-state index in [1.165, 1.54) is 0 Å². The third-order valence-corrected chi connectivity index (χ3v) is 10.9. The summed E-state index contributed by atoms with van der Waals surface area (Å²) in [7, 11) is 0. The molecule has 0 N–H and O–H groups in total. The van der Waals surface area contributed by atoms with Crippen LogP contribution in [0.25, 0.3) is 101 Å². The first kappa shape index (κ1) is 36.3. The van der Waals surface area contributed by atoms with E-state index < -0.39 is 0 Å². The van der Waals surface area contributed by atoms with Gasteiger partial charge in [-0.15, -0.1) is 0 Å². The number of hydrogen-bond donors (Lipinski definition) is 0. The minimum Gasteiger partial charge on any atom is -0.246 e. The minimum atomic E-state index is 0.697. The summed E-state index contributed by atoms with van der Waals surface area (Å²) in [4.78, 5) is 15.8. The van der Waals surface area contributed by atoms with E-state index >= 15 is 0 Å². The van der Waals surface area contributed by atoms with E-state index in [-0.39, 0.29) is 0 Å². The predicted octanol–water partition coefficient (Wildman–Crippen LogP) is 14.9. The van der Waals surface area contributed by atoms with E-state index in [4.69, 9.17) is 15.0 Å². The monoisotopic (exact) mass is 765 g/mol. The van der Waals surface area contributed by atoms with Crippen LogP contribution in [0.15, 0.2) is 237 Å². The molecule has 0 atom stereocenters. The third kappa shape index (κ3) is 7.32. The summed E-state index contributed by atoms with van der Waals surface area (Å²) >= 11 is 0. The van der Waals surface area contributed by atoms with Crippen LogP contribution >= 0.6 is 0 Å². The molecule has 60 heavy (non-hydrogen) atoms. The molecule has 0 spiro atoms. The zero-order valence-corrected chi connectivity index (χ0v) is 32.9. The van der Waals surface area contributed by atoms with E-state index in [1.54, 1.807) is 0 Å². The van der Waals surface area contributed by atoms with Crippen molar-refractivity contribution in [1.82, 2.24) is 15.0 Å². The Kier molecular flexibility index (Phi) is 9.97. The van der Waals surface area contributed by atoms with Crippen LogP contribution in [0.5, 0.6) is 0 Å². The first-order chi connectivity index (χ1) is 29.8. The largest absolute Gasteiger partial charge is 0.246 e. The zero-order chi connectivity index (χ0) is 40.1. The van der Waals surface area contributed by atoms with Gasteiger partial charge in [-0.3, -0.25) is 0 Å². The average molecular weight is 766 g/mol. The van der Waals surface area contributed by atoms with Gasteiger partial charge in [0.1, 0.15) is 0 Å². The summed E-state index contributed by atoms with van der Waals surface area (Å²) in [6, 6.07) is 82.9. The van der Waals surface area contributed by atoms with Gasteiger partial charge in [-0.05, 0) is 46.0 Å². The van der Waals surface area contributed by atoms with Crippen molar-refractivity contribution in [3.63, 3.8) is 0 Å². The molecular formula is C57H39N3. The Bertz CT molecular complexity index is 2880. The Hall–Kier alpha value is -8.01. The Morgan fingerprint density at radius 1 is 0.200 bits per heavy atom. The van der Waals surface area contributed by atoms with E-state index in [2.05, 4.69) is 200 Å². The first-order valence-electron chi connectivity index (χ1n) is 20.3. The Balaban J connectivity index is 1.20. The van der Waals surface area contributed by atoms with Crippen LogP contribution in [0.1, 0.15) is 0 Å². The van der Waals surface area contributed by atoms with Gasteiger partial charge in [0, 0.05) is 44.5 Å². The van der Waals surface area contributed by atoms with Gasteiger partial charge in [0.05, 0.1) is 22.8 Å². The fourth-order valence-corrected chi connectivity index (χ4v) is 8.04. The van der Waals surface area contributed by atoms with Gasteiger partial charge in [-0.25, -0.2) is 15.0 Å². The van der Waals surface area contributed by atoms with Crippen molar-refractivity contribution in [2.24, 2.45) is 0 Å². The van der Waals surface area contributed by atoms with Gasteiger partial charge < -0.3 is 0 Å². The molecular weight excluding hydrogens is 727 g/mol. The van der Waals surface area contributed by atoms with Crippen molar-refractivity contribution in [2.75, 3.05) is 0 Å². The van der Waals surface area contributed by atoms with Crippen LogP contribution in [0.3, 0.4) is 0 Å². The quantitative estimate of drug-likeness (QED) is 0.147. The molecule has 0 saturated carbocycles. The summed E-state index contributed by atoms with van der Waals surface area (Å²) < 4.78 is 0. The molecule has 0 aliphatic rings. The highest BCUT2D eigenvalue weighted by atomic mass is 14.9. The molecule has 2 heterocycles. The van der Waals surface area contributed by atoms with Crippen molar-refractivity contribution in [2.45, 2.75) is 0 Å². The van der Waals surface area contributed by atoms with Crippen LogP contribution in [0, 0.1) is 0 Å². The van der Waals surface area contributed by atoms with E-state index in [9.17, 15) is 0 Å². The summed E-state index contributed by atoms with van der Waals surface area (Å²) in [6.07, 6.45) is 0. The maximum atomic E-state index is 5.62.